The van der Waals surface area contributed by atoms with Crippen molar-refractivity contribution in [1.82, 2.24) is 9.78 Å². The zero-order valence-corrected chi connectivity index (χ0v) is 18.3. The highest BCUT2D eigenvalue weighted by molar-refractivity contribution is 9.10. The number of aryl methyl sites for hydroxylation is 1. The summed E-state index contributed by atoms with van der Waals surface area (Å²) in [5.41, 5.74) is 2.92. The van der Waals surface area contributed by atoms with E-state index < -0.39 is 6.04 Å². The highest BCUT2D eigenvalue weighted by Crippen LogP contribution is 2.17. The molecule has 5 nitrogen and oxygen atoms in total. The van der Waals surface area contributed by atoms with Crippen LogP contribution in [0.3, 0.4) is 0 Å². The van der Waals surface area contributed by atoms with Crippen molar-refractivity contribution in [2.24, 2.45) is 0 Å². The van der Waals surface area contributed by atoms with Gasteiger partial charge >= 0.3 is 0 Å². The molecule has 0 saturated heterocycles. The van der Waals surface area contributed by atoms with Crippen LogP contribution in [0.5, 0.6) is 5.75 Å². The maximum Gasteiger partial charge on any atom is 0.270 e. The maximum atomic E-state index is 13.0. The van der Waals surface area contributed by atoms with Crippen LogP contribution in [0.4, 0.5) is 0 Å². The van der Waals surface area contributed by atoms with E-state index in [-0.39, 0.29) is 17.8 Å². The van der Waals surface area contributed by atoms with Gasteiger partial charge in [0, 0.05) is 22.9 Å². The van der Waals surface area contributed by atoms with E-state index in [1.54, 1.807) is 20.1 Å². The summed E-state index contributed by atoms with van der Waals surface area (Å²) in [5.74, 6) is 0.682. The maximum absolute atomic E-state index is 13.0. The van der Waals surface area contributed by atoms with Crippen LogP contribution in [0.1, 0.15) is 35.3 Å². The second-order valence-corrected chi connectivity index (χ2v) is 7.95. The van der Waals surface area contributed by atoms with Gasteiger partial charge in [-0.05, 0) is 55.3 Å². The van der Waals surface area contributed by atoms with Gasteiger partial charge in [-0.15, -0.1) is 0 Å². The number of rotatable bonds is 7. The molecular weight excluding hydrogens is 432 g/mol. The molecule has 0 radical (unpaired) electrons. The van der Waals surface area contributed by atoms with Gasteiger partial charge in [0.1, 0.15) is 11.8 Å². The number of Topliss-reactive ketones (excluding diaryl/α,β-unsaturated/α-hetero) is 1. The standard InChI is InChI=1S/C23H23BrN2O3/c1-15-10-19(11-17-7-5-9-21(13-17)29-3)23(28)26(25-15)16(2)22(27)14-18-6-4-8-20(24)12-18/h4-10,12-13,16H,11,14H2,1-3H3. The minimum atomic E-state index is -0.648. The average molecular weight is 455 g/mol. The first-order valence-electron chi connectivity index (χ1n) is 9.37. The molecule has 0 bridgehead atoms. The fraction of sp³-hybridized carbons (Fsp3) is 0.261. The number of methoxy groups -OCH3 is 1. The molecule has 0 saturated carbocycles. The summed E-state index contributed by atoms with van der Waals surface area (Å²) in [7, 11) is 1.61. The number of halogens is 1. The first-order chi connectivity index (χ1) is 13.9. The molecular formula is C23H23BrN2O3. The van der Waals surface area contributed by atoms with Crippen LogP contribution in [0.25, 0.3) is 0 Å². The Morgan fingerprint density at radius 3 is 2.59 bits per heavy atom. The third-order valence-electron chi connectivity index (χ3n) is 4.76. The van der Waals surface area contributed by atoms with Crippen LogP contribution >= 0.6 is 15.9 Å². The van der Waals surface area contributed by atoms with Gasteiger partial charge in [0.05, 0.1) is 12.8 Å². The molecule has 1 unspecified atom stereocenters. The zero-order valence-electron chi connectivity index (χ0n) is 16.7. The van der Waals surface area contributed by atoms with E-state index in [0.717, 1.165) is 21.3 Å². The molecule has 29 heavy (non-hydrogen) atoms. The fourth-order valence-electron chi connectivity index (χ4n) is 3.23. The highest BCUT2D eigenvalue weighted by atomic mass is 79.9. The third kappa shape index (κ3) is 5.21. The van der Waals surface area contributed by atoms with Crippen molar-refractivity contribution in [3.63, 3.8) is 0 Å². The number of aromatic nitrogens is 2. The lowest BCUT2D eigenvalue weighted by molar-refractivity contribution is -0.121. The van der Waals surface area contributed by atoms with Crippen LogP contribution < -0.4 is 10.3 Å². The van der Waals surface area contributed by atoms with E-state index in [2.05, 4.69) is 21.0 Å². The summed E-state index contributed by atoms with van der Waals surface area (Å²) in [4.78, 5) is 25.9. The van der Waals surface area contributed by atoms with Crippen LogP contribution in [0.15, 0.2) is 63.9 Å². The number of carbonyl (C=O) groups is 1. The molecule has 2 aromatic carbocycles. The molecule has 0 aliphatic rings. The number of ether oxygens (including phenoxy) is 1. The van der Waals surface area contributed by atoms with E-state index in [9.17, 15) is 9.59 Å². The van der Waals surface area contributed by atoms with E-state index >= 15 is 0 Å². The van der Waals surface area contributed by atoms with Crippen LogP contribution in [-0.2, 0) is 17.6 Å². The lowest BCUT2D eigenvalue weighted by Gasteiger charge is -2.15. The molecule has 0 aliphatic heterocycles. The molecule has 0 amide bonds. The lowest BCUT2D eigenvalue weighted by Crippen LogP contribution is -2.33. The van der Waals surface area contributed by atoms with E-state index in [0.29, 0.717) is 17.7 Å². The number of nitrogens with zero attached hydrogens (tertiary/aromatic N) is 2. The number of carbonyl (C=O) groups excluding carboxylic acids is 1. The van der Waals surface area contributed by atoms with Gasteiger partial charge in [0.15, 0.2) is 5.78 Å². The van der Waals surface area contributed by atoms with Gasteiger partial charge in [-0.2, -0.15) is 5.10 Å². The Morgan fingerprint density at radius 2 is 1.86 bits per heavy atom. The predicted octanol–water partition coefficient (Wildman–Crippen LogP) is 4.29. The first-order valence-corrected chi connectivity index (χ1v) is 10.2. The first kappa shape index (κ1) is 21.0. The van der Waals surface area contributed by atoms with Crippen molar-refractivity contribution in [2.45, 2.75) is 32.7 Å². The van der Waals surface area contributed by atoms with Crippen LogP contribution in [0.2, 0.25) is 0 Å². The van der Waals surface area contributed by atoms with Gasteiger partial charge in [0.2, 0.25) is 0 Å². The zero-order chi connectivity index (χ0) is 21.0. The molecule has 1 aromatic heterocycles. The molecule has 0 N–H and O–H groups in total. The van der Waals surface area contributed by atoms with E-state index in [1.807, 2.05) is 55.5 Å². The third-order valence-corrected chi connectivity index (χ3v) is 5.25. The van der Waals surface area contributed by atoms with Gasteiger partial charge < -0.3 is 4.74 Å². The second-order valence-electron chi connectivity index (χ2n) is 7.04. The van der Waals surface area contributed by atoms with Gasteiger partial charge in [-0.3, -0.25) is 9.59 Å². The fourth-order valence-corrected chi connectivity index (χ4v) is 3.68. The van der Waals surface area contributed by atoms with Crippen molar-refractivity contribution in [1.29, 1.82) is 0 Å². The SMILES string of the molecule is COc1cccc(Cc2cc(C)nn(C(C)C(=O)Cc3cccc(Br)c3)c2=O)c1. The summed E-state index contributed by atoms with van der Waals surface area (Å²) < 4.78 is 7.49. The molecule has 3 aromatic rings. The van der Waals surface area contributed by atoms with Crippen molar-refractivity contribution < 1.29 is 9.53 Å². The topological polar surface area (TPSA) is 61.2 Å². The summed E-state index contributed by atoms with van der Waals surface area (Å²) in [6.07, 6.45) is 0.694. The average Bonchev–Trinajstić information content (AvgIpc) is 2.70. The van der Waals surface area contributed by atoms with Gasteiger partial charge in [-0.1, -0.05) is 40.2 Å². The summed E-state index contributed by atoms with van der Waals surface area (Å²) in [5, 5.41) is 4.34. The van der Waals surface area contributed by atoms with E-state index in [4.69, 9.17) is 4.74 Å². The summed E-state index contributed by atoms with van der Waals surface area (Å²) >= 11 is 3.42. The van der Waals surface area contributed by atoms with Gasteiger partial charge in [0.25, 0.3) is 5.56 Å². The Bertz CT molecular complexity index is 1090. The quantitative estimate of drug-likeness (QED) is 0.534. The minimum absolute atomic E-state index is 0.0596. The normalized spacial score (nSPS) is 11.9. The Balaban J connectivity index is 1.87. The summed E-state index contributed by atoms with van der Waals surface area (Å²) in [6.45, 7) is 3.56. The second kappa shape index (κ2) is 9.18. The molecule has 3 rings (SSSR count). The monoisotopic (exact) mass is 454 g/mol. The van der Waals surface area contributed by atoms with Crippen LogP contribution in [0, 0.1) is 6.92 Å². The number of benzene rings is 2. The van der Waals surface area contributed by atoms with Gasteiger partial charge in [-0.25, -0.2) is 4.68 Å². The smallest absolute Gasteiger partial charge is 0.270 e. The molecule has 150 valence electrons. The van der Waals surface area contributed by atoms with Crippen molar-refractivity contribution in [3.8, 4) is 5.75 Å². The number of hydrogen-bond donors (Lipinski definition) is 0. The molecule has 1 atom stereocenters. The molecule has 0 spiro atoms. The Labute approximate surface area is 178 Å². The predicted molar refractivity (Wildman–Crippen MR) is 117 cm³/mol. The molecule has 0 fully saturated rings. The Kier molecular flexibility index (Phi) is 6.64. The van der Waals surface area contributed by atoms with Crippen molar-refractivity contribution in [2.75, 3.05) is 7.11 Å². The van der Waals surface area contributed by atoms with E-state index in [1.165, 1.54) is 4.68 Å². The Hall–Kier alpha value is -2.73. The van der Waals surface area contributed by atoms with Crippen molar-refractivity contribution in [3.05, 3.63) is 91.8 Å². The molecule has 6 heteroatoms. The number of ketones is 1. The summed E-state index contributed by atoms with van der Waals surface area (Å²) in [6, 6.07) is 16.4. The lowest BCUT2D eigenvalue weighted by atomic mass is 10.0. The van der Waals surface area contributed by atoms with Crippen LogP contribution in [-0.4, -0.2) is 22.7 Å². The number of hydrogen-bond acceptors (Lipinski definition) is 4. The molecule has 0 aliphatic carbocycles. The highest BCUT2D eigenvalue weighted by Gasteiger charge is 2.20. The molecule has 1 heterocycles. The minimum Gasteiger partial charge on any atom is -0.497 e. The largest absolute Gasteiger partial charge is 0.497 e. The Morgan fingerprint density at radius 1 is 1.14 bits per heavy atom. The van der Waals surface area contributed by atoms with Crippen molar-refractivity contribution >= 4 is 21.7 Å².